The van der Waals surface area contributed by atoms with E-state index in [9.17, 15) is 0 Å². The SMILES string of the molecule is C=CCOc1ccccc1C1=Nc2cccc3cccc(c23)O1. The molecule has 3 nitrogen and oxygen atoms in total. The van der Waals surface area contributed by atoms with Crippen LogP contribution in [0.5, 0.6) is 11.5 Å². The smallest absolute Gasteiger partial charge is 0.230 e. The Bertz CT molecular complexity index is 923. The van der Waals surface area contributed by atoms with E-state index >= 15 is 0 Å². The summed E-state index contributed by atoms with van der Waals surface area (Å²) < 4.78 is 11.8. The first kappa shape index (κ1) is 13.6. The van der Waals surface area contributed by atoms with Gasteiger partial charge in [0, 0.05) is 0 Å². The molecule has 0 amide bonds. The van der Waals surface area contributed by atoms with Gasteiger partial charge in [0.05, 0.1) is 16.6 Å². The average Bonchev–Trinajstić information content (AvgIpc) is 2.60. The zero-order valence-corrected chi connectivity index (χ0v) is 12.5. The maximum atomic E-state index is 6.05. The van der Waals surface area contributed by atoms with E-state index in [1.54, 1.807) is 6.08 Å². The van der Waals surface area contributed by atoms with Gasteiger partial charge in [0.25, 0.3) is 0 Å². The first-order chi connectivity index (χ1) is 11.4. The van der Waals surface area contributed by atoms with Gasteiger partial charge in [-0.3, -0.25) is 0 Å². The van der Waals surface area contributed by atoms with Gasteiger partial charge in [0.2, 0.25) is 5.90 Å². The summed E-state index contributed by atoms with van der Waals surface area (Å²) in [4.78, 5) is 4.69. The molecule has 1 heterocycles. The van der Waals surface area contributed by atoms with Crippen LogP contribution in [0, 0.1) is 0 Å². The average molecular weight is 301 g/mol. The molecule has 3 heteroatoms. The fraction of sp³-hybridized carbons (Fsp3) is 0.0500. The van der Waals surface area contributed by atoms with Gasteiger partial charge in [-0.25, -0.2) is 4.99 Å². The summed E-state index contributed by atoms with van der Waals surface area (Å²) in [7, 11) is 0. The molecule has 0 N–H and O–H groups in total. The van der Waals surface area contributed by atoms with Crippen molar-refractivity contribution < 1.29 is 9.47 Å². The second-order valence-corrected chi connectivity index (χ2v) is 5.25. The van der Waals surface area contributed by atoms with Crippen molar-refractivity contribution >= 4 is 22.4 Å². The van der Waals surface area contributed by atoms with Crippen LogP contribution >= 0.6 is 0 Å². The number of para-hydroxylation sites is 1. The molecule has 0 radical (unpaired) electrons. The lowest BCUT2D eigenvalue weighted by molar-refractivity contribution is 0.361. The van der Waals surface area contributed by atoms with Gasteiger partial charge in [0.1, 0.15) is 18.1 Å². The summed E-state index contributed by atoms with van der Waals surface area (Å²) in [5.41, 5.74) is 1.75. The Hall–Kier alpha value is -3.07. The third-order valence-electron chi connectivity index (χ3n) is 3.75. The number of hydrogen-bond donors (Lipinski definition) is 0. The van der Waals surface area contributed by atoms with E-state index in [-0.39, 0.29) is 0 Å². The summed E-state index contributed by atoms with van der Waals surface area (Å²) in [6.45, 7) is 4.13. The molecule has 1 aliphatic heterocycles. The first-order valence-electron chi connectivity index (χ1n) is 7.48. The van der Waals surface area contributed by atoms with Gasteiger partial charge >= 0.3 is 0 Å². The fourth-order valence-corrected chi connectivity index (χ4v) is 2.74. The third kappa shape index (κ3) is 2.36. The van der Waals surface area contributed by atoms with Crippen LogP contribution in [-0.4, -0.2) is 12.5 Å². The standard InChI is InChI=1S/C20H15NO2/c1-2-13-22-17-11-4-3-9-15(17)20-21-16-10-5-7-14-8-6-12-18(23-20)19(14)16/h2-12H,1,13H2. The van der Waals surface area contributed by atoms with E-state index in [1.165, 1.54) is 0 Å². The Kier molecular flexibility index (Phi) is 3.31. The maximum Gasteiger partial charge on any atom is 0.230 e. The van der Waals surface area contributed by atoms with Crippen molar-refractivity contribution in [2.24, 2.45) is 4.99 Å². The molecule has 4 rings (SSSR count). The van der Waals surface area contributed by atoms with Gasteiger partial charge in [-0.2, -0.15) is 0 Å². The van der Waals surface area contributed by atoms with Crippen molar-refractivity contribution in [1.82, 2.24) is 0 Å². The van der Waals surface area contributed by atoms with Crippen LogP contribution in [0.3, 0.4) is 0 Å². The second-order valence-electron chi connectivity index (χ2n) is 5.25. The van der Waals surface area contributed by atoms with Crippen LogP contribution in [-0.2, 0) is 0 Å². The van der Waals surface area contributed by atoms with Crippen LogP contribution in [0.2, 0.25) is 0 Å². The van der Waals surface area contributed by atoms with Crippen molar-refractivity contribution in [2.75, 3.05) is 6.61 Å². The summed E-state index contributed by atoms with van der Waals surface area (Å²) in [6.07, 6.45) is 1.72. The second kappa shape index (κ2) is 5.61. The summed E-state index contributed by atoms with van der Waals surface area (Å²) in [5.74, 6) is 2.11. The lowest BCUT2D eigenvalue weighted by Gasteiger charge is -2.19. The minimum absolute atomic E-state index is 0.441. The molecule has 0 saturated heterocycles. The Balaban J connectivity index is 1.85. The molecule has 23 heavy (non-hydrogen) atoms. The van der Waals surface area contributed by atoms with Gasteiger partial charge < -0.3 is 9.47 Å². The van der Waals surface area contributed by atoms with Crippen molar-refractivity contribution in [3.63, 3.8) is 0 Å². The molecule has 112 valence electrons. The van der Waals surface area contributed by atoms with E-state index in [0.29, 0.717) is 12.5 Å². The molecular weight excluding hydrogens is 286 g/mol. The van der Waals surface area contributed by atoms with Gasteiger partial charge in [-0.1, -0.05) is 49.1 Å². The normalized spacial score (nSPS) is 12.4. The van der Waals surface area contributed by atoms with Gasteiger partial charge in [-0.15, -0.1) is 0 Å². The van der Waals surface area contributed by atoms with Crippen LogP contribution in [0.4, 0.5) is 5.69 Å². The van der Waals surface area contributed by atoms with Crippen molar-refractivity contribution in [2.45, 2.75) is 0 Å². The summed E-state index contributed by atoms with van der Waals surface area (Å²) in [5, 5.41) is 2.17. The zero-order chi connectivity index (χ0) is 15.6. The summed E-state index contributed by atoms with van der Waals surface area (Å²) >= 11 is 0. The molecule has 3 aromatic carbocycles. The molecule has 1 aliphatic rings. The topological polar surface area (TPSA) is 30.8 Å². The van der Waals surface area contributed by atoms with E-state index in [0.717, 1.165) is 33.5 Å². The number of aliphatic imine (C=N–C) groups is 1. The number of hydrogen-bond acceptors (Lipinski definition) is 3. The number of benzene rings is 3. The predicted molar refractivity (Wildman–Crippen MR) is 92.9 cm³/mol. The minimum Gasteiger partial charge on any atom is -0.489 e. The maximum absolute atomic E-state index is 6.05. The first-order valence-corrected chi connectivity index (χ1v) is 7.48. The number of rotatable bonds is 4. The molecule has 0 bridgehead atoms. The fourth-order valence-electron chi connectivity index (χ4n) is 2.74. The van der Waals surface area contributed by atoms with E-state index in [2.05, 4.69) is 18.7 Å². The lowest BCUT2D eigenvalue weighted by Crippen LogP contribution is -2.14. The predicted octanol–water partition coefficient (Wildman–Crippen LogP) is 4.88. The third-order valence-corrected chi connectivity index (χ3v) is 3.75. The highest BCUT2D eigenvalue weighted by Gasteiger charge is 2.20. The lowest BCUT2D eigenvalue weighted by atomic mass is 10.1. The Morgan fingerprint density at radius 1 is 1.00 bits per heavy atom. The molecule has 3 aromatic rings. The highest BCUT2D eigenvalue weighted by atomic mass is 16.5. The van der Waals surface area contributed by atoms with Crippen LogP contribution in [0.1, 0.15) is 5.56 Å². The van der Waals surface area contributed by atoms with Gasteiger partial charge in [0.15, 0.2) is 0 Å². The molecule has 0 fully saturated rings. The van der Waals surface area contributed by atoms with Crippen LogP contribution < -0.4 is 9.47 Å². The zero-order valence-electron chi connectivity index (χ0n) is 12.5. The quantitative estimate of drug-likeness (QED) is 0.643. The van der Waals surface area contributed by atoms with Crippen molar-refractivity contribution in [1.29, 1.82) is 0 Å². The van der Waals surface area contributed by atoms with E-state index < -0.39 is 0 Å². The highest BCUT2D eigenvalue weighted by Crippen LogP contribution is 2.38. The Morgan fingerprint density at radius 2 is 1.83 bits per heavy atom. The molecule has 0 aliphatic carbocycles. The van der Waals surface area contributed by atoms with Gasteiger partial charge in [-0.05, 0) is 29.7 Å². The molecule has 0 saturated carbocycles. The Morgan fingerprint density at radius 3 is 2.70 bits per heavy atom. The monoisotopic (exact) mass is 301 g/mol. The van der Waals surface area contributed by atoms with E-state index in [1.807, 2.05) is 48.5 Å². The van der Waals surface area contributed by atoms with Crippen LogP contribution in [0.25, 0.3) is 10.8 Å². The molecule has 0 aromatic heterocycles. The molecular formula is C20H15NO2. The van der Waals surface area contributed by atoms with Crippen molar-refractivity contribution in [3.05, 3.63) is 78.9 Å². The van der Waals surface area contributed by atoms with Crippen molar-refractivity contribution in [3.8, 4) is 11.5 Å². The molecule has 0 spiro atoms. The van der Waals surface area contributed by atoms with E-state index in [4.69, 9.17) is 14.5 Å². The Labute approximate surface area is 134 Å². The highest BCUT2D eigenvalue weighted by molar-refractivity contribution is 6.08. The largest absolute Gasteiger partial charge is 0.489 e. The minimum atomic E-state index is 0.441. The number of ether oxygens (including phenoxy) is 2. The number of nitrogens with zero attached hydrogens (tertiary/aromatic N) is 1. The molecule has 0 unspecified atom stereocenters. The van der Waals surface area contributed by atoms with Crippen LogP contribution in [0.15, 0.2) is 78.3 Å². The summed E-state index contributed by atoms with van der Waals surface area (Å²) in [6, 6.07) is 19.8. The molecule has 0 atom stereocenters.